The van der Waals surface area contributed by atoms with E-state index in [2.05, 4.69) is 6.92 Å². The van der Waals surface area contributed by atoms with Crippen molar-refractivity contribution in [1.82, 2.24) is 0 Å². The van der Waals surface area contributed by atoms with Crippen molar-refractivity contribution in [2.24, 2.45) is 5.92 Å². The zero-order chi connectivity index (χ0) is 13.1. The Morgan fingerprint density at radius 1 is 1.28 bits per heavy atom. The smallest absolute Gasteiger partial charge is 0.200 e. The molecule has 1 N–H and O–H groups in total. The summed E-state index contributed by atoms with van der Waals surface area (Å²) in [5.74, 6) is -2.04. The van der Waals surface area contributed by atoms with Gasteiger partial charge < -0.3 is 5.11 Å². The summed E-state index contributed by atoms with van der Waals surface area (Å²) in [6, 6.07) is 2.67. The predicted octanol–water partition coefficient (Wildman–Crippen LogP) is 4.65. The van der Waals surface area contributed by atoms with Crippen molar-refractivity contribution < 1.29 is 13.9 Å². The van der Waals surface area contributed by atoms with Gasteiger partial charge in [0.1, 0.15) is 0 Å². The number of aromatic hydroxyl groups is 1. The molecular weight excluding hydrogens is 234 g/mol. The number of phenols is 1. The summed E-state index contributed by atoms with van der Waals surface area (Å²) in [6.45, 7) is 2.16. The number of allylic oxidation sites excluding steroid dienone is 2. The topological polar surface area (TPSA) is 20.2 Å². The molecule has 0 radical (unpaired) electrons. The van der Waals surface area contributed by atoms with Crippen LogP contribution in [0.15, 0.2) is 18.2 Å². The largest absolute Gasteiger partial charge is 0.505 e. The molecule has 1 atom stereocenters. The van der Waals surface area contributed by atoms with E-state index in [0.29, 0.717) is 11.5 Å². The number of phenolic OH excluding ortho intramolecular Hbond substituents is 1. The number of benzene rings is 1. The first-order chi connectivity index (χ1) is 8.63. The minimum Gasteiger partial charge on any atom is -0.505 e. The molecule has 0 heterocycles. The van der Waals surface area contributed by atoms with E-state index in [1.165, 1.54) is 18.6 Å². The van der Waals surface area contributed by atoms with Crippen LogP contribution in [0.25, 0.3) is 5.57 Å². The highest BCUT2D eigenvalue weighted by atomic mass is 19.2. The fourth-order valence-corrected chi connectivity index (χ4v) is 2.59. The molecule has 1 nitrogen and oxygen atoms in total. The fourth-order valence-electron chi connectivity index (χ4n) is 2.59. The second kappa shape index (κ2) is 5.51. The van der Waals surface area contributed by atoms with Gasteiger partial charge in [-0.1, -0.05) is 25.8 Å². The first-order valence-corrected chi connectivity index (χ1v) is 6.49. The second-order valence-corrected chi connectivity index (χ2v) is 4.92. The van der Waals surface area contributed by atoms with E-state index in [9.17, 15) is 8.78 Å². The van der Waals surface area contributed by atoms with Crippen LogP contribution in [0.4, 0.5) is 8.78 Å². The first kappa shape index (κ1) is 13.1. The normalized spacial score (nSPS) is 19.7. The summed E-state index contributed by atoms with van der Waals surface area (Å²) in [5, 5.41) is 9.10. The summed E-state index contributed by atoms with van der Waals surface area (Å²) < 4.78 is 27.0. The molecule has 0 aromatic heterocycles. The lowest BCUT2D eigenvalue weighted by Crippen LogP contribution is -2.06. The van der Waals surface area contributed by atoms with Gasteiger partial charge in [0, 0.05) is 5.56 Å². The third-order valence-corrected chi connectivity index (χ3v) is 3.62. The minimum absolute atomic E-state index is 0.292. The maximum atomic E-state index is 13.7. The van der Waals surface area contributed by atoms with Crippen LogP contribution in [-0.2, 0) is 0 Å². The Morgan fingerprint density at radius 3 is 2.67 bits per heavy atom. The lowest BCUT2D eigenvalue weighted by Gasteiger charge is -2.22. The lowest BCUT2D eigenvalue weighted by molar-refractivity contribution is 0.405. The maximum Gasteiger partial charge on any atom is 0.200 e. The van der Waals surface area contributed by atoms with Gasteiger partial charge in [0.15, 0.2) is 11.6 Å². The first-order valence-electron chi connectivity index (χ1n) is 6.49. The molecule has 98 valence electrons. The van der Waals surface area contributed by atoms with Gasteiger partial charge in [-0.2, -0.15) is 4.39 Å². The summed E-state index contributed by atoms with van der Waals surface area (Å²) in [5.41, 5.74) is 1.15. The summed E-state index contributed by atoms with van der Waals surface area (Å²) >= 11 is 0. The molecule has 0 amide bonds. The van der Waals surface area contributed by atoms with Crippen LogP contribution >= 0.6 is 0 Å². The van der Waals surface area contributed by atoms with Gasteiger partial charge >= 0.3 is 0 Å². The Hall–Kier alpha value is -1.38. The molecule has 1 aromatic carbocycles. The van der Waals surface area contributed by atoms with Gasteiger partial charge in [0.2, 0.25) is 5.82 Å². The highest BCUT2D eigenvalue weighted by molar-refractivity contribution is 5.67. The van der Waals surface area contributed by atoms with Crippen molar-refractivity contribution in [3.63, 3.8) is 0 Å². The average molecular weight is 252 g/mol. The van der Waals surface area contributed by atoms with Gasteiger partial charge in [0.25, 0.3) is 0 Å². The van der Waals surface area contributed by atoms with Crippen molar-refractivity contribution in [3.05, 3.63) is 35.4 Å². The lowest BCUT2D eigenvalue weighted by atomic mass is 9.84. The standard InChI is InChI=1S/C15H18F2O/c1-2-3-10-4-6-11(7-5-10)12-8-9-13(18)15(17)14(12)16/h6,8-10,18H,2-5,7H2,1H3. The fraction of sp³-hybridized carbons (Fsp3) is 0.467. The number of hydrogen-bond donors (Lipinski definition) is 1. The Labute approximate surface area is 106 Å². The molecular formula is C15H18F2O. The monoisotopic (exact) mass is 252 g/mol. The van der Waals surface area contributed by atoms with Crippen LogP contribution in [0.1, 0.15) is 44.6 Å². The van der Waals surface area contributed by atoms with Crippen LogP contribution in [0.5, 0.6) is 5.75 Å². The predicted molar refractivity (Wildman–Crippen MR) is 68.2 cm³/mol. The van der Waals surface area contributed by atoms with Crippen molar-refractivity contribution in [3.8, 4) is 5.75 Å². The Kier molecular flexibility index (Phi) is 4.00. The van der Waals surface area contributed by atoms with Crippen molar-refractivity contribution in [2.75, 3.05) is 0 Å². The SMILES string of the molecule is CCCC1CC=C(c2ccc(O)c(F)c2F)CC1. The Morgan fingerprint density at radius 2 is 2.06 bits per heavy atom. The highest BCUT2D eigenvalue weighted by Gasteiger charge is 2.19. The third-order valence-electron chi connectivity index (χ3n) is 3.62. The molecule has 0 bridgehead atoms. The Balaban J connectivity index is 2.21. The van der Waals surface area contributed by atoms with E-state index < -0.39 is 17.4 Å². The molecule has 2 rings (SSSR count). The van der Waals surface area contributed by atoms with Crippen LogP contribution < -0.4 is 0 Å². The molecule has 1 aliphatic rings. The number of hydrogen-bond acceptors (Lipinski definition) is 1. The maximum absolute atomic E-state index is 13.7. The molecule has 0 saturated heterocycles. The van der Waals surface area contributed by atoms with Gasteiger partial charge in [-0.15, -0.1) is 0 Å². The van der Waals surface area contributed by atoms with E-state index in [0.717, 1.165) is 31.3 Å². The van der Waals surface area contributed by atoms with Gasteiger partial charge in [-0.05, 0) is 42.9 Å². The number of rotatable bonds is 3. The number of halogens is 2. The Bertz CT molecular complexity index is 466. The molecule has 1 aliphatic carbocycles. The van der Waals surface area contributed by atoms with E-state index in [-0.39, 0.29) is 0 Å². The van der Waals surface area contributed by atoms with E-state index in [1.54, 1.807) is 0 Å². The molecule has 0 aliphatic heterocycles. The highest BCUT2D eigenvalue weighted by Crippen LogP contribution is 2.35. The summed E-state index contributed by atoms with van der Waals surface area (Å²) in [4.78, 5) is 0. The van der Waals surface area contributed by atoms with E-state index in [4.69, 9.17) is 5.11 Å². The second-order valence-electron chi connectivity index (χ2n) is 4.92. The van der Waals surface area contributed by atoms with E-state index in [1.807, 2.05) is 6.08 Å². The van der Waals surface area contributed by atoms with Crippen LogP contribution in [0.2, 0.25) is 0 Å². The quantitative estimate of drug-likeness (QED) is 0.829. The van der Waals surface area contributed by atoms with Gasteiger partial charge in [-0.3, -0.25) is 0 Å². The molecule has 0 fully saturated rings. The van der Waals surface area contributed by atoms with Crippen molar-refractivity contribution >= 4 is 5.57 Å². The third kappa shape index (κ3) is 2.55. The van der Waals surface area contributed by atoms with Crippen LogP contribution in [-0.4, -0.2) is 5.11 Å². The molecule has 18 heavy (non-hydrogen) atoms. The molecule has 3 heteroatoms. The molecule has 0 saturated carbocycles. The van der Waals surface area contributed by atoms with Crippen molar-refractivity contribution in [2.45, 2.75) is 39.0 Å². The molecule has 0 spiro atoms. The van der Waals surface area contributed by atoms with Crippen molar-refractivity contribution in [1.29, 1.82) is 0 Å². The van der Waals surface area contributed by atoms with Crippen LogP contribution in [0, 0.1) is 17.6 Å². The zero-order valence-electron chi connectivity index (χ0n) is 10.5. The molecule has 1 unspecified atom stereocenters. The van der Waals surface area contributed by atoms with E-state index >= 15 is 0 Å². The van der Waals surface area contributed by atoms with Crippen LogP contribution in [0.3, 0.4) is 0 Å². The minimum atomic E-state index is -1.15. The average Bonchev–Trinajstić information content (AvgIpc) is 2.38. The van der Waals surface area contributed by atoms with Gasteiger partial charge in [-0.25, -0.2) is 4.39 Å². The summed E-state index contributed by atoms with van der Waals surface area (Å²) in [7, 11) is 0. The van der Waals surface area contributed by atoms with Gasteiger partial charge in [0.05, 0.1) is 0 Å². The molecule has 1 aromatic rings. The summed E-state index contributed by atoms with van der Waals surface area (Å²) in [6.07, 6.45) is 7.11. The zero-order valence-corrected chi connectivity index (χ0v) is 10.5.